The normalized spacial score (nSPS) is 18.1. The molecule has 0 unspecified atom stereocenters. The first-order chi connectivity index (χ1) is 14.1. The van der Waals surface area contributed by atoms with Crippen LogP contribution in [0.25, 0.3) is 0 Å². The lowest BCUT2D eigenvalue weighted by Crippen LogP contribution is -2.47. The molecule has 1 aliphatic heterocycles. The van der Waals surface area contributed by atoms with Gasteiger partial charge in [-0.05, 0) is 37.1 Å². The van der Waals surface area contributed by atoms with Crippen LogP contribution in [0.5, 0.6) is 0 Å². The summed E-state index contributed by atoms with van der Waals surface area (Å²) in [5, 5.41) is 0. The van der Waals surface area contributed by atoms with Gasteiger partial charge in [-0.1, -0.05) is 36.4 Å². The maximum absolute atomic E-state index is 13.2. The van der Waals surface area contributed by atoms with Crippen LogP contribution in [0.2, 0.25) is 0 Å². The number of rotatable bonds is 3. The highest BCUT2D eigenvalue weighted by Gasteiger charge is 2.38. The summed E-state index contributed by atoms with van der Waals surface area (Å²) in [6.45, 7) is 3.58. The summed E-state index contributed by atoms with van der Waals surface area (Å²) in [6, 6.07) is 17.1. The highest BCUT2D eigenvalue weighted by atomic mass is 16.2. The zero-order chi connectivity index (χ0) is 20.4. The van der Waals surface area contributed by atoms with E-state index in [2.05, 4.69) is 9.97 Å². The number of hydrogen-bond acceptors (Lipinski definition) is 4. The first kappa shape index (κ1) is 18.8. The lowest BCUT2D eigenvalue weighted by Gasteiger charge is -2.43. The van der Waals surface area contributed by atoms with E-state index in [1.165, 1.54) is 12.4 Å². The van der Waals surface area contributed by atoms with Crippen molar-refractivity contribution in [1.29, 1.82) is 0 Å². The van der Waals surface area contributed by atoms with E-state index in [9.17, 15) is 9.59 Å². The number of nitrogens with zero attached hydrogens (tertiary/aromatic N) is 4. The second-order valence-corrected chi connectivity index (χ2v) is 7.15. The van der Waals surface area contributed by atoms with Gasteiger partial charge in [0.25, 0.3) is 5.91 Å². The Labute approximate surface area is 169 Å². The Morgan fingerprint density at radius 2 is 1.76 bits per heavy atom. The largest absolute Gasteiger partial charge is 0.305 e. The monoisotopic (exact) mass is 386 g/mol. The summed E-state index contributed by atoms with van der Waals surface area (Å²) in [7, 11) is 0. The van der Waals surface area contributed by atoms with Crippen LogP contribution < -0.4 is 9.80 Å². The Hall–Kier alpha value is -3.54. The van der Waals surface area contributed by atoms with Gasteiger partial charge in [0, 0.05) is 36.7 Å². The van der Waals surface area contributed by atoms with E-state index in [1.807, 2.05) is 66.4 Å². The molecule has 0 aliphatic carbocycles. The van der Waals surface area contributed by atoms with E-state index >= 15 is 0 Å². The number of amides is 2. The molecule has 2 heterocycles. The number of hydrogen-bond donors (Lipinski definition) is 0. The van der Waals surface area contributed by atoms with E-state index in [0.717, 1.165) is 16.9 Å². The SMILES string of the molecule is CC(=O)N(c1ccccc1)[C@H]1C[C@@H](C)N(C(=O)c2cnccn2)c2ccccc21. The van der Waals surface area contributed by atoms with Crippen LogP contribution >= 0.6 is 0 Å². The molecule has 1 aromatic heterocycles. The number of aromatic nitrogens is 2. The van der Waals surface area contributed by atoms with Gasteiger partial charge in [0.2, 0.25) is 5.91 Å². The van der Waals surface area contributed by atoms with Crippen molar-refractivity contribution in [2.45, 2.75) is 32.4 Å². The summed E-state index contributed by atoms with van der Waals surface area (Å²) >= 11 is 0. The van der Waals surface area contributed by atoms with Gasteiger partial charge >= 0.3 is 0 Å². The molecular formula is C23H22N4O2. The van der Waals surface area contributed by atoms with Crippen molar-refractivity contribution >= 4 is 23.2 Å². The van der Waals surface area contributed by atoms with Gasteiger partial charge in [0.1, 0.15) is 5.69 Å². The van der Waals surface area contributed by atoms with Crippen molar-refractivity contribution in [3.63, 3.8) is 0 Å². The molecule has 0 saturated carbocycles. The Morgan fingerprint density at radius 3 is 2.45 bits per heavy atom. The fourth-order valence-corrected chi connectivity index (χ4v) is 4.04. The second kappa shape index (κ2) is 7.83. The van der Waals surface area contributed by atoms with E-state index in [-0.39, 0.29) is 23.9 Å². The van der Waals surface area contributed by atoms with E-state index < -0.39 is 0 Å². The topological polar surface area (TPSA) is 66.4 Å². The highest BCUT2D eigenvalue weighted by Crippen LogP contribution is 2.42. The first-order valence-electron chi connectivity index (χ1n) is 9.61. The fourth-order valence-electron chi connectivity index (χ4n) is 4.04. The van der Waals surface area contributed by atoms with Crippen molar-refractivity contribution < 1.29 is 9.59 Å². The molecule has 6 heteroatoms. The van der Waals surface area contributed by atoms with Crippen LogP contribution in [0.3, 0.4) is 0 Å². The zero-order valence-electron chi connectivity index (χ0n) is 16.4. The minimum Gasteiger partial charge on any atom is -0.305 e. The Bertz CT molecular complexity index is 1020. The van der Waals surface area contributed by atoms with Gasteiger partial charge in [0.05, 0.1) is 12.2 Å². The lowest BCUT2D eigenvalue weighted by molar-refractivity contribution is -0.117. The Morgan fingerprint density at radius 1 is 1.03 bits per heavy atom. The third kappa shape index (κ3) is 3.49. The average Bonchev–Trinajstić information content (AvgIpc) is 2.75. The van der Waals surface area contributed by atoms with Crippen LogP contribution in [-0.2, 0) is 4.79 Å². The van der Waals surface area contributed by atoms with Gasteiger partial charge in [-0.3, -0.25) is 14.6 Å². The minimum atomic E-state index is -0.189. The van der Waals surface area contributed by atoms with Crippen molar-refractivity contribution in [2.75, 3.05) is 9.80 Å². The molecule has 2 atom stereocenters. The average molecular weight is 386 g/mol. The van der Waals surface area contributed by atoms with Gasteiger partial charge in [-0.15, -0.1) is 0 Å². The van der Waals surface area contributed by atoms with E-state index in [0.29, 0.717) is 12.1 Å². The second-order valence-electron chi connectivity index (χ2n) is 7.15. The smallest absolute Gasteiger partial charge is 0.278 e. The number of anilines is 2. The predicted molar refractivity (Wildman–Crippen MR) is 112 cm³/mol. The van der Waals surface area contributed by atoms with Gasteiger partial charge in [-0.2, -0.15) is 0 Å². The fraction of sp³-hybridized carbons (Fsp3) is 0.217. The van der Waals surface area contributed by atoms with Crippen molar-refractivity contribution in [2.24, 2.45) is 0 Å². The molecular weight excluding hydrogens is 364 g/mol. The van der Waals surface area contributed by atoms with Crippen LogP contribution in [0.15, 0.2) is 73.2 Å². The summed E-state index contributed by atoms with van der Waals surface area (Å²) in [5.41, 5.74) is 2.90. The molecule has 4 rings (SSSR count). The quantitative estimate of drug-likeness (QED) is 0.682. The molecule has 0 saturated heterocycles. The number of benzene rings is 2. The third-order valence-electron chi connectivity index (χ3n) is 5.25. The number of carbonyl (C=O) groups excluding carboxylic acids is 2. The van der Waals surface area contributed by atoms with E-state index in [1.54, 1.807) is 18.0 Å². The summed E-state index contributed by atoms with van der Waals surface area (Å²) in [6.07, 6.45) is 5.17. The molecule has 2 aromatic carbocycles. The number of para-hydroxylation sites is 2. The lowest BCUT2D eigenvalue weighted by atomic mass is 9.89. The van der Waals surface area contributed by atoms with E-state index in [4.69, 9.17) is 0 Å². The van der Waals surface area contributed by atoms with Crippen molar-refractivity contribution in [3.05, 3.63) is 84.4 Å². The predicted octanol–water partition coefficient (Wildman–Crippen LogP) is 4.01. The van der Waals surface area contributed by atoms with Crippen LogP contribution in [0.4, 0.5) is 11.4 Å². The molecule has 1 aliphatic rings. The number of fused-ring (bicyclic) bond motifs is 1. The summed E-state index contributed by atoms with van der Waals surface area (Å²) in [4.78, 5) is 37.6. The third-order valence-corrected chi connectivity index (χ3v) is 5.25. The molecule has 2 amide bonds. The molecule has 146 valence electrons. The number of carbonyl (C=O) groups is 2. The minimum absolute atomic E-state index is 0.0306. The Kier molecular flexibility index (Phi) is 5.08. The molecule has 3 aromatic rings. The van der Waals surface area contributed by atoms with Gasteiger partial charge in [0.15, 0.2) is 0 Å². The van der Waals surface area contributed by atoms with Crippen LogP contribution in [0.1, 0.15) is 42.4 Å². The van der Waals surface area contributed by atoms with Gasteiger partial charge < -0.3 is 9.80 Å². The molecule has 0 N–H and O–H groups in total. The van der Waals surface area contributed by atoms with Crippen LogP contribution in [0, 0.1) is 0 Å². The standard InChI is InChI=1S/C23H22N4O2/c1-16-14-22(27(17(2)28)18-8-4-3-5-9-18)19-10-6-7-11-21(19)26(16)23(29)20-15-24-12-13-25-20/h3-13,15-16,22H,14H2,1-2H3/t16-,22+/m1/s1. The maximum Gasteiger partial charge on any atom is 0.278 e. The van der Waals surface area contributed by atoms with Crippen molar-refractivity contribution in [1.82, 2.24) is 9.97 Å². The molecule has 6 nitrogen and oxygen atoms in total. The maximum atomic E-state index is 13.2. The summed E-state index contributed by atoms with van der Waals surface area (Å²) < 4.78 is 0. The molecule has 0 spiro atoms. The van der Waals surface area contributed by atoms with Crippen LogP contribution in [-0.4, -0.2) is 27.8 Å². The molecule has 0 bridgehead atoms. The Balaban J connectivity index is 1.79. The zero-order valence-corrected chi connectivity index (χ0v) is 16.4. The molecule has 29 heavy (non-hydrogen) atoms. The van der Waals surface area contributed by atoms with Crippen molar-refractivity contribution in [3.8, 4) is 0 Å². The molecule has 0 radical (unpaired) electrons. The highest BCUT2D eigenvalue weighted by molar-refractivity contribution is 6.06. The summed E-state index contributed by atoms with van der Waals surface area (Å²) in [5.74, 6) is -0.220. The molecule has 0 fully saturated rings. The van der Waals surface area contributed by atoms with Gasteiger partial charge in [-0.25, -0.2) is 4.98 Å². The first-order valence-corrected chi connectivity index (χ1v) is 9.61.